The van der Waals surface area contributed by atoms with Gasteiger partial charge in [0.25, 0.3) is 0 Å². The van der Waals surface area contributed by atoms with Crippen LogP contribution in [0.5, 0.6) is 5.75 Å². The smallest absolute Gasteiger partial charge is 0.172 e. The van der Waals surface area contributed by atoms with Crippen molar-refractivity contribution in [3.05, 3.63) is 29.1 Å². The van der Waals surface area contributed by atoms with Crippen LogP contribution in [-0.2, 0) is 6.42 Å². The van der Waals surface area contributed by atoms with Gasteiger partial charge in [-0.1, -0.05) is 13.0 Å². The Kier molecular flexibility index (Phi) is 2.86. The van der Waals surface area contributed by atoms with E-state index >= 15 is 0 Å². The van der Waals surface area contributed by atoms with Gasteiger partial charge in [-0.15, -0.1) is 0 Å². The first-order valence-corrected chi connectivity index (χ1v) is 4.00. The lowest BCUT2D eigenvalue weighted by molar-refractivity contribution is 0.383. The van der Waals surface area contributed by atoms with Crippen molar-refractivity contribution in [2.24, 2.45) is 0 Å². The molecule has 0 amide bonds. The molecule has 0 radical (unpaired) electrons. The minimum absolute atomic E-state index is 0.0434. The third kappa shape index (κ3) is 1.62. The maximum Gasteiger partial charge on any atom is 0.172 e. The molecule has 0 bridgehead atoms. The first-order valence-electron chi connectivity index (χ1n) is 4.00. The molecule has 0 N–H and O–H groups in total. The Morgan fingerprint density at radius 3 is 2.69 bits per heavy atom. The average molecular weight is 179 g/mol. The highest BCUT2D eigenvalue weighted by atomic mass is 19.1. The molecule has 1 aromatic carbocycles. The Hall–Kier alpha value is -1.56. The molecule has 0 aromatic heterocycles. The standard InChI is InChI=1S/C10H10FNO/c1-3-7-4-5-8(6-12)10(13-2)9(7)11/h4-5H,3H2,1-2H3. The number of benzene rings is 1. The molecule has 0 aliphatic rings. The molecular weight excluding hydrogens is 169 g/mol. The second-order valence-electron chi connectivity index (χ2n) is 2.58. The van der Waals surface area contributed by atoms with Gasteiger partial charge in [0.1, 0.15) is 6.07 Å². The largest absolute Gasteiger partial charge is 0.492 e. The molecule has 1 rings (SSSR count). The van der Waals surface area contributed by atoms with Crippen LogP contribution >= 0.6 is 0 Å². The fourth-order valence-corrected chi connectivity index (χ4v) is 1.16. The van der Waals surface area contributed by atoms with Crippen LogP contribution in [-0.4, -0.2) is 7.11 Å². The molecule has 0 spiro atoms. The Labute approximate surface area is 76.6 Å². The molecule has 68 valence electrons. The van der Waals surface area contributed by atoms with Gasteiger partial charge in [0, 0.05) is 0 Å². The predicted molar refractivity (Wildman–Crippen MR) is 47.0 cm³/mol. The lowest BCUT2D eigenvalue weighted by Crippen LogP contribution is -1.96. The minimum atomic E-state index is -0.427. The van der Waals surface area contributed by atoms with Gasteiger partial charge in [0.15, 0.2) is 11.6 Å². The number of hydrogen-bond acceptors (Lipinski definition) is 2. The molecule has 0 aliphatic carbocycles. The summed E-state index contributed by atoms with van der Waals surface area (Å²) in [5.41, 5.74) is 0.799. The third-order valence-electron chi connectivity index (χ3n) is 1.88. The van der Waals surface area contributed by atoms with Crippen LogP contribution in [0.3, 0.4) is 0 Å². The first kappa shape index (κ1) is 9.53. The summed E-state index contributed by atoms with van der Waals surface area (Å²) in [5, 5.41) is 8.64. The summed E-state index contributed by atoms with van der Waals surface area (Å²) in [6, 6.07) is 5.05. The lowest BCUT2D eigenvalue weighted by atomic mass is 10.1. The SMILES string of the molecule is CCc1ccc(C#N)c(OC)c1F. The Balaban J connectivity index is 3.34. The summed E-state index contributed by atoms with van der Waals surface area (Å²) < 4.78 is 18.3. The van der Waals surface area contributed by atoms with Crippen LogP contribution < -0.4 is 4.74 Å². The van der Waals surface area contributed by atoms with E-state index in [1.165, 1.54) is 7.11 Å². The number of ether oxygens (including phenoxy) is 1. The molecule has 0 aliphatic heterocycles. The van der Waals surface area contributed by atoms with Crippen LogP contribution in [0.4, 0.5) is 4.39 Å². The van der Waals surface area contributed by atoms with Crippen LogP contribution in [0.1, 0.15) is 18.1 Å². The van der Waals surface area contributed by atoms with E-state index in [2.05, 4.69) is 0 Å². The molecule has 1 aromatic rings. The molecule has 0 unspecified atom stereocenters. The summed E-state index contributed by atoms with van der Waals surface area (Å²) in [7, 11) is 1.36. The average Bonchev–Trinajstić information content (AvgIpc) is 2.17. The van der Waals surface area contributed by atoms with Crippen molar-refractivity contribution in [3.8, 4) is 11.8 Å². The first-order chi connectivity index (χ1) is 6.24. The Morgan fingerprint density at radius 2 is 2.23 bits per heavy atom. The second-order valence-corrected chi connectivity index (χ2v) is 2.58. The minimum Gasteiger partial charge on any atom is -0.492 e. The number of rotatable bonds is 2. The molecule has 0 heterocycles. The summed E-state index contributed by atoms with van der Waals surface area (Å²) in [6.07, 6.45) is 0.591. The van der Waals surface area contributed by atoms with Crippen LogP contribution in [0.15, 0.2) is 12.1 Å². The van der Waals surface area contributed by atoms with E-state index in [9.17, 15) is 4.39 Å². The van der Waals surface area contributed by atoms with E-state index in [0.29, 0.717) is 12.0 Å². The van der Waals surface area contributed by atoms with Crippen LogP contribution in [0.2, 0.25) is 0 Å². The highest BCUT2D eigenvalue weighted by Crippen LogP contribution is 2.25. The van der Waals surface area contributed by atoms with Gasteiger partial charge in [-0.25, -0.2) is 4.39 Å². The summed E-state index contributed by atoms with van der Waals surface area (Å²) in [5.74, 6) is -0.383. The van der Waals surface area contributed by atoms with Crippen molar-refractivity contribution in [1.82, 2.24) is 0 Å². The van der Waals surface area contributed by atoms with E-state index < -0.39 is 5.82 Å². The predicted octanol–water partition coefficient (Wildman–Crippen LogP) is 2.27. The summed E-state index contributed by atoms with van der Waals surface area (Å²) in [4.78, 5) is 0. The normalized spacial score (nSPS) is 9.38. The zero-order valence-corrected chi connectivity index (χ0v) is 7.60. The fraction of sp³-hybridized carbons (Fsp3) is 0.300. The Morgan fingerprint density at radius 1 is 1.54 bits per heavy atom. The van der Waals surface area contributed by atoms with Gasteiger partial charge in [0.2, 0.25) is 0 Å². The third-order valence-corrected chi connectivity index (χ3v) is 1.88. The maximum absolute atomic E-state index is 13.4. The quantitative estimate of drug-likeness (QED) is 0.697. The molecule has 0 saturated carbocycles. The number of halogens is 1. The molecule has 3 heteroatoms. The molecule has 0 saturated heterocycles. The molecule has 0 atom stereocenters. The van der Waals surface area contributed by atoms with Gasteiger partial charge >= 0.3 is 0 Å². The number of nitriles is 1. The molecule has 13 heavy (non-hydrogen) atoms. The second kappa shape index (κ2) is 3.90. The topological polar surface area (TPSA) is 33.0 Å². The van der Waals surface area contributed by atoms with Crippen LogP contribution in [0.25, 0.3) is 0 Å². The highest BCUT2D eigenvalue weighted by molar-refractivity contribution is 5.46. The molecule has 0 fully saturated rings. The van der Waals surface area contributed by atoms with Gasteiger partial charge in [0.05, 0.1) is 12.7 Å². The zero-order valence-electron chi connectivity index (χ0n) is 7.60. The van der Waals surface area contributed by atoms with E-state index in [4.69, 9.17) is 10.00 Å². The van der Waals surface area contributed by atoms with Gasteiger partial charge in [-0.3, -0.25) is 0 Å². The van der Waals surface area contributed by atoms with Gasteiger partial charge in [-0.2, -0.15) is 5.26 Å². The number of aryl methyl sites for hydroxylation is 1. The van der Waals surface area contributed by atoms with E-state index in [1.807, 2.05) is 13.0 Å². The van der Waals surface area contributed by atoms with Crippen molar-refractivity contribution in [2.75, 3.05) is 7.11 Å². The van der Waals surface area contributed by atoms with E-state index in [-0.39, 0.29) is 11.3 Å². The lowest BCUT2D eigenvalue weighted by Gasteiger charge is -2.06. The monoisotopic (exact) mass is 179 g/mol. The van der Waals surface area contributed by atoms with E-state index in [0.717, 1.165) is 0 Å². The number of methoxy groups -OCH3 is 1. The highest BCUT2D eigenvalue weighted by Gasteiger charge is 2.12. The van der Waals surface area contributed by atoms with Crippen molar-refractivity contribution in [1.29, 1.82) is 5.26 Å². The summed E-state index contributed by atoms with van der Waals surface area (Å²) in [6.45, 7) is 1.85. The maximum atomic E-state index is 13.4. The van der Waals surface area contributed by atoms with Crippen LogP contribution in [0, 0.1) is 17.1 Å². The van der Waals surface area contributed by atoms with Crippen molar-refractivity contribution < 1.29 is 9.13 Å². The van der Waals surface area contributed by atoms with Gasteiger partial charge in [-0.05, 0) is 18.1 Å². The molecular formula is C10H10FNO. The Bertz CT molecular complexity index is 355. The van der Waals surface area contributed by atoms with Crippen molar-refractivity contribution >= 4 is 0 Å². The van der Waals surface area contributed by atoms with Crippen molar-refractivity contribution in [2.45, 2.75) is 13.3 Å². The van der Waals surface area contributed by atoms with Gasteiger partial charge < -0.3 is 4.74 Å². The number of hydrogen-bond donors (Lipinski definition) is 0. The zero-order chi connectivity index (χ0) is 9.84. The van der Waals surface area contributed by atoms with Crippen molar-refractivity contribution in [3.63, 3.8) is 0 Å². The fourth-order valence-electron chi connectivity index (χ4n) is 1.16. The molecule has 2 nitrogen and oxygen atoms in total. The van der Waals surface area contributed by atoms with E-state index in [1.54, 1.807) is 12.1 Å². The number of nitrogens with zero attached hydrogens (tertiary/aromatic N) is 1. The summed E-state index contributed by atoms with van der Waals surface area (Å²) >= 11 is 0.